The van der Waals surface area contributed by atoms with E-state index < -0.39 is 11.7 Å². The maximum Gasteiger partial charge on any atom is 0.416 e. The molecule has 0 nitrogen and oxygen atoms in total. The summed E-state index contributed by atoms with van der Waals surface area (Å²) in [7, 11) is 0. The van der Waals surface area contributed by atoms with E-state index in [4.69, 9.17) is 0 Å². The van der Waals surface area contributed by atoms with E-state index in [-0.39, 0.29) is 0 Å². The summed E-state index contributed by atoms with van der Waals surface area (Å²) in [5, 5.41) is 7.10. The first kappa shape index (κ1) is 24.2. The van der Waals surface area contributed by atoms with Gasteiger partial charge < -0.3 is 0 Å². The van der Waals surface area contributed by atoms with Crippen LogP contribution < -0.4 is 0 Å². The Bertz CT molecular complexity index is 1950. The van der Waals surface area contributed by atoms with Crippen molar-refractivity contribution in [1.29, 1.82) is 0 Å². The monoisotopic (exact) mass is 524 g/mol. The van der Waals surface area contributed by atoms with Crippen LogP contribution in [0.25, 0.3) is 65.7 Å². The van der Waals surface area contributed by atoms with Crippen LogP contribution in [0, 0.1) is 0 Å². The Morgan fingerprint density at radius 2 is 0.775 bits per heavy atom. The first-order valence-corrected chi connectivity index (χ1v) is 13.2. The van der Waals surface area contributed by atoms with Crippen LogP contribution in [-0.4, -0.2) is 0 Å². The Balaban J connectivity index is 1.43. The summed E-state index contributed by atoms with van der Waals surface area (Å²) in [6, 6.07) is 45.5. The number of rotatable bonds is 3. The van der Waals surface area contributed by atoms with Gasteiger partial charge in [-0.05, 0) is 77.8 Å². The quantitative estimate of drug-likeness (QED) is 0.202. The molecule has 7 rings (SSSR count). The van der Waals surface area contributed by atoms with Gasteiger partial charge in [0.25, 0.3) is 0 Å². The molecular formula is C37H23F3. The van der Waals surface area contributed by atoms with Gasteiger partial charge in [-0.2, -0.15) is 13.2 Å². The molecule has 0 aliphatic heterocycles. The van der Waals surface area contributed by atoms with E-state index in [0.29, 0.717) is 0 Å². The number of alkyl halides is 3. The second kappa shape index (κ2) is 9.39. The maximum absolute atomic E-state index is 13.0. The van der Waals surface area contributed by atoms with E-state index in [1.165, 1.54) is 44.8 Å². The molecule has 7 aromatic rings. The Labute approximate surface area is 230 Å². The molecule has 0 spiro atoms. The fourth-order valence-electron chi connectivity index (χ4n) is 5.85. The zero-order valence-electron chi connectivity index (χ0n) is 21.4. The zero-order chi connectivity index (χ0) is 27.3. The molecule has 0 unspecified atom stereocenters. The number of benzene rings is 7. The minimum Gasteiger partial charge on any atom is -0.166 e. The van der Waals surface area contributed by atoms with Gasteiger partial charge in [0.15, 0.2) is 0 Å². The van der Waals surface area contributed by atoms with Crippen molar-refractivity contribution >= 4 is 32.3 Å². The first-order chi connectivity index (χ1) is 19.5. The molecular weight excluding hydrogens is 501 g/mol. The molecule has 0 amide bonds. The van der Waals surface area contributed by atoms with Crippen molar-refractivity contribution in [3.05, 3.63) is 145 Å². The molecule has 0 aliphatic carbocycles. The maximum atomic E-state index is 13.0. The lowest BCUT2D eigenvalue weighted by molar-refractivity contribution is -0.137. The van der Waals surface area contributed by atoms with Gasteiger partial charge in [-0.25, -0.2) is 0 Å². The molecule has 0 saturated heterocycles. The highest BCUT2D eigenvalue weighted by Crippen LogP contribution is 2.45. The summed E-state index contributed by atoms with van der Waals surface area (Å²) in [6.45, 7) is 0. The molecule has 0 saturated carbocycles. The number of fused-ring (bicyclic) bond motifs is 3. The molecule has 0 N–H and O–H groups in total. The summed E-state index contributed by atoms with van der Waals surface area (Å²) in [4.78, 5) is 0. The summed E-state index contributed by atoms with van der Waals surface area (Å²) < 4.78 is 39.1. The molecule has 7 aromatic carbocycles. The third-order valence-electron chi connectivity index (χ3n) is 7.71. The Morgan fingerprint density at radius 1 is 0.350 bits per heavy atom. The Kier molecular flexibility index (Phi) is 5.67. The number of hydrogen-bond acceptors (Lipinski definition) is 0. The molecule has 0 fully saturated rings. The number of halogens is 3. The second-order valence-electron chi connectivity index (χ2n) is 10.0. The van der Waals surface area contributed by atoms with Crippen LogP contribution in [0.1, 0.15) is 5.56 Å². The minimum atomic E-state index is -4.34. The smallest absolute Gasteiger partial charge is 0.166 e. The van der Waals surface area contributed by atoms with Crippen molar-refractivity contribution in [2.75, 3.05) is 0 Å². The summed E-state index contributed by atoms with van der Waals surface area (Å²) in [5.41, 5.74) is 5.61. The van der Waals surface area contributed by atoms with Crippen molar-refractivity contribution in [2.24, 2.45) is 0 Å². The van der Waals surface area contributed by atoms with Gasteiger partial charge >= 0.3 is 6.18 Å². The van der Waals surface area contributed by atoms with Crippen molar-refractivity contribution in [1.82, 2.24) is 0 Å². The predicted octanol–water partition coefficient (Wildman–Crippen LogP) is 11.2. The van der Waals surface area contributed by atoms with Crippen LogP contribution in [0.4, 0.5) is 13.2 Å². The van der Waals surface area contributed by atoms with Gasteiger partial charge in [0.2, 0.25) is 0 Å². The second-order valence-corrected chi connectivity index (χ2v) is 10.0. The van der Waals surface area contributed by atoms with Crippen molar-refractivity contribution < 1.29 is 13.2 Å². The van der Waals surface area contributed by atoms with Crippen LogP contribution >= 0.6 is 0 Å². The molecule has 0 aromatic heterocycles. The molecule has 0 atom stereocenters. The topological polar surface area (TPSA) is 0 Å². The lowest BCUT2D eigenvalue weighted by atomic mass is 9.84. The third kappa shape index (κ3) is 4.02. The minimum absolute atomic E-state index is 0.642. The van der Waals surface area contributed by atoms with Crippen LogP contribution in [0.3, 0.4) is 0 Å². The van der Waals surface area contributed by atoms with Crippen molar-refractivity contribution in [3.8, 4) is 33.4 Å². The van der Waals surface area contributed by atoms with E-state index in [0.717, 1.165) is 45.2 Å². The fraction of sp³-hybridized carbons (Fsp3) is 0.0270. The van der Waals surface area contributed by atoms with E-state index in [1.54, 1.807) is 0 Å². The molecule has 0 bridgehead atoms. The first-order valence-electron chi connectivity index (χ1n) is 13.2. The van der Waals surface area contributed by atoms with Crippen molar-refractivity contribution in [3.63, 3.8) is 0 Å². The normalized spacial score (nSPS) is 11.9. The molecule has 192 valence electrons. The standard InChI is InChI=1S/C37H23F3/c38-37(39,40)28-22-20-25(21-23-28)24-16-18-27(19-17-24)35-31-11-3-5-13-33(31)36(34-14-6-4-12-32(34)35)30-15-7-9-26-8-1-2-10-29(26)30/h1-23H. The molecule has 40 heavy (non-hydrogen) atoms. The fourth-order valence-corrected chi connectivity index (χ4v) is 5.85. The summed E-state index contributed by atoms with van der Waals surface area (Å²) >= 11 is 0. The van der Waals surface area contributed by atoms with Crippen molar-refractivity contribution in [2.45, 2.75) is 6.18 Å². The average Bonchev–Trinajstić information content (AvgIpc) is 2.99. The summed E-state index contributed by atoms with van der Waals surface area (Å²) in [5.74, 6) is 0. The lowest BCUT2D eigenvalue weighted by Crippen LogP contribution is -2.03. The van der Waals surface area contributed by atoms with Gasteiger partial charge in [-0.15, -0.1) is 0 Å². The highest BCUT2D eigenvalue weighted by molar-refractivity contribution is 6.23. The third-order valence-corrected chi connectivity index (χ3v) is 7.71. The highest BCUT2D eigenvalue weighted by Gasteiger charge is 2.30. The zero-order valence-corrected chi connectivity index (χ0v) is 21.4. The molecule has 3 heteroatoms. The lowest BCUT2D eigenvalue weighted by Gasteiger charge is -2.19. The highest BCUT2D eigenvalue weighted by atomic mass is 19.4. The SMILES string of the molecule is FC(F)(F)c1ccc(-c2ccc(-c3c4ccccc4c(-c4cccc5ccccc45)c4ccccc34)cc2)cc1. The predicted molar refractivity (Wildman–Crippen MR) is 160 cm³/mol. The molecule has 0 radical (unpaired) electrons. The van der Waals surface area contributed by atoms with Gasteiger partial charge in [-0.1, -0.05) is 127 Å². The Morgan fingerprint density at radius 3 is 1.32 bits per heavy atom. The van der Waals surface area contributed by atoms with Crippen LogP contribution in [0.2, 0.25) is 0 Å². The van der Waals surface area contributed by atoms with E-state index in [2.05, 4.69) is 103 Å². The summed E-state index contributed by atoms with van der Waals surface area (Å²) in [6.07, 6.45) is -4.34. The van der Waals surface area contributed by atoms with Gasteiger partial charge in [0, 0.05) is 0 Å². The number of hydrogen-bond donors (Lipinski definition) is 0. The van der Waals surface area contributed by atoms with Crippen LogP contribution in [0.15, 0.2) is 140 Å². The van der Waals surface area contributed by atoms with Gasteiger partial charge in [0.05, 0.1) is 5.56 Å². The average molecular weight is 525 g/mol. The van der Waals surface area contributed by atoms with Crippen LogP contribution in [0.5, 0.6) is 0 Å². The Hall–Kier alpha value is -4.89. The molecule has 0 heterocycles. The van der Waals surface area contributed by atoms with E-state index in [9.17, 15) is 13.2 Å². The van der Waals surface area contributed by atoms with E-state index >= 15 is 0 Å². The van der Waals surface area contributed by atoms with Crippen LogP contribution in [-0.2, 0) is 6.18 Å². The van der Waals surface area contributed by atoms with Gasteiger partial charge in [0.1, 0.15) is 0 Å². The van der Waals surface area contributed by atoms with Gasteiger partial charge in [-0.3, -0.25) is 0 Å². The van der Waals surface area contributed by atoms with E-state index in [1.807, 2.05) is 12.1 Å². The largest absolute Gasteiger partial charge is 0.416 e. The molecule has 0 aliphatic rings.